The largest absolute Gasteiger partial charge is 0.369 e. The molecule has 2 rings (SSSR count). The lowest BCUT2D eigenvalue weighted by atomic mass is 10.1. The van der Waals surface area contributed by atoms with E-state index in [0.717, 1.165) is 32.1 Å². The van der Waals surface area contributed by atoms with E-state index in [2.05, 4.69) is 4.98 Å². The zero-order valence-electron chi connectivity index (χ0n) is 14.2. The molecule has 7 heteroatoms. The number of hydrogen-bond acceptors (Lipinski definition) is 5. The van der Waals surface area contributed by atoms with Crippen LogP contribution in [0.4, 0.5) is 0 Å². The summed E-state index contributed by atoms with van der Waals surface area (Å²) in [7, 11) is 0. The molecule has 1 aromatic rings. The minimum Gasteiger partial charge on any atom is -0.369 e. The van der Waals surface area contributed by atoms with Crippen LogP contribution in [-0.2, 0) is 16.1 Å². The molecule has 1 amide bonds. The van der Waals surface area contributed by atoms with E-state index in [1.165, 1.54) is 25.2 Å². The smallest absolute Gasteiger partial charge is 0.272 e. The molecule has 134 valence electrons. The quantitative estimate of drug-likeness (QED) is 0.686. The van der Waals surface area contributed by atoms with Crippen LogP contribution in [0.1, 0.15) is 51.4 Å². The number of rotatable bonds is 8. The molecule has 4 N–H and O–H groups in total. The molecule has 0 spiro atoms. The maximum absolute atomic E-state index is 11.5. The molecular formula is C17H28N4O3. The van der Waals surface area contributed by atoms with E-state index in [1.807, 2.05) is 0 Å². The lowest BCUT2D eigenvalue weighted by Crippen LogP contribution is -2.19. The summed E-state index contributed by atoms with van der Waals surface area (Å²) in [6.45, 7) is 0.966. The van der Waals surface area contributed by atoms with Crippen molar-refractivity contribution in [3.8, 4) is 0 Å². The maximum atomic E-state index is 11.5. The second-order valence-corrected chi connectivity index (χ2v) is 6.09. The third-order valence-electron chi connectivity index (χ3n) is 4.02. The van der Waals surface area contributed by atoms with E-state index in [0.29, 0.717) is 13.0 Å². The van der Waals surface area contributed by atoms with Crippen LogP contribution in [0.25, 0.3) is 0 Å². The maximum Gasteiger partial charge on any atom is 0.272 e. The van der Waals surface area contributed by atoms with E-state index >= 15 is 0 Å². The number of Topliss-reactive ketones (excluding diaryl/α,β-unsaturated/α-hetero) is 1. The van der Waals surface area contributed by atoms with E-state index in [-0.39, 0.29) is 29.7 Å². The standard InChI is InChI=1S/C11H17N3O2.C6H11NO/c12-6-3-1-2-4-10(15)8-14-7-5-11(16)13-9-14;7-6(8)5-3-1-2-4-5/h5,7,9H,1-4,6,8,12H2;5H,1-4H2,(H2,7,8). The average molecular weight is 336 g/mol. The lowest BCUT2D eigenvalue weighted by Gasteiger charge is -2.03. The van der Waals surface area contributed by atoms with Crippen molar-refractivity contribution in [2.75, 3.05) is 6.54 Å². The third-order valence-corrected chi connectivity index (χ3v) is 4.02. The number of carbonyl (C=O) groups is 2. The number of ketones is 1. The number of carbonyl (C=O) groups excluding carboxylic acids is 2. The molecule has 0 aliphatic heterocycles. The molecule has 1 saturated carbocycles. The van der Waals surface area contributed by atoms with Crippen LogP contribution in [0.2, 0.25) is 0 Å². The molecule has 0 aromatic carbocycles. The summed E-state index contributed by atoms with van der Waals surface area (Å²) < 4.78 is 1.62. The number of unbranched alkanes of at least 4 members (excludes halogenated alkanes) is 2. The highest BCUT2D eigenvalue weighted by Gasteiger charge is 2.19. The summed E-state index contributed by atoms with van der Waals surface area (Å²) >= 11 is 0. The molecule has 1 heterocycles. The molecule has 0 radical (unpaired) electrons. The molecule has 1 aliphatic carbocycles. The summed E-state index contributed by atoms with van der Waals surface area (Å²) in [5.41, 5.74) is 10.1. The highest BCUT2D eigenvalue weighted by atomic mass is 16.1. The molecule has 1 aromatic heterocycles. The van der Waals surface area contributed by atoms with Crippen molar-refractivity contribution in [1.29, 1.82) is 0 Å². The zero-order valence-corrected chi connectivity index (χ0v) is 14.2. The zero-order chi connectivity index (χ0) is 17.8. The summed E-state index contributed by atoms with van der Waals surface area (Å²) in [5.74, 6) is 0.250. The Hall–Kier alpha value is -2.02. The first-order chi connectivity index (χ1) is 11.5. The Morgan fingerprint density at radius 2 is 1.92 bits per heavy atom. The van der Waals surface area contributed by atoms with Crippen molar-refractivity contribution in [1.82, 2.24) is 9.55 Å². The molecule has 0 atom stereocenters. The SMILES string of the molecule is NC(=O)C1CCCC1.NCCCCCC(=O)Cn1ccc(=O)nc1. The number of nitrogens with zero attached hydrogens (tertiary/aromatic N) is 2. The summed E-state index contributed by atoms with van der Waals surface area (Å²) in [4.78, 5) is 36.2. The van der Waals surface area contributed by atoms with E-state index in [1.54, 1.807) is 10.8 Å². The topological polar surface area (TPSA) is 121 Å². The van der Waals surface area contributed by atoms with Gasteiger partial charge in [0.15, 0.2) is 5.78 Å². The van der Waals surface area contributed by atoms with E-state index in [4.69, 9.17) is 11.5 Å². The van der Waals surface area contributed by atoms with Gasteiger partial charge in [-0.3, -0.25) is 14.4 Å². The normalized spacial score (nSPS) is 14.0. The van der Waals surface area contributed by atoms with Gasteiger partial charge in [0, 0.05) is 24.6 Å². The highest BCUT2D eigenvalue weighted by Crippen LogP contribution is 2.23. The number of amides is 1. The van der Waals surface area contributed by atoms with Gasteiger partial charge in [-0.25, -0.2) is 0 Å². The van der Waals surface area contributed by atoms with Crippen molar-refractivity contribution in [2.24, 2.45) is 17.4 Å². The van der Waals surface area contributed by atoms with Crippen molar-refractivity contribution in [2.45, 2.75) is 57.9 Å². The molecule has 0 saturated heterocycles. The predicted octanol–water partition coefficient (Wildman–Crippen LogP) is 0.993. The fourth-order valence-corrected chi connectivity index (χ4v) is 2.60. The summed E-state index contributed by atoms with van der Waals surface area (Å²) in [6.07, 6.45) is 10.8. The van der Waals surface area contributed by atoms with Gasteiger partial charge in [-0.05, 0) is 32.2 Å². The van der Waals surface area contributed by atoms with Crippen molar-refractivity contribution < 1.29 is 9.59 Å². The highest BCUT2D eigenvalue weighted by molar-refractivity contribution is 5.78. The monoisotopic (exact) mass is 336 g/mol. The first-order valence-electron chi connectivity index (χ1n) is 8.56. The Morgan fingerprint density at radius 3 is 2.42 bits per heavy atom. The molecule has 0 unspecified atom stereocenters. The van der Waals surface area contributed by atoms with E-state index in [9.17, 15) is 14.4 Å². The average Bonchev–Trinajstić information content (AvgIpc) is 3.09. The summed E-state index contributed by atoms with van der Waals surface area (Å²) in [6, 6.07) is 1.35. The van der Waals surface area contributed by atoms with Gasteiger partial charge >= 0.3 is 0 Å². The van der Waals surface area contributed by atoms with Gasteiger partial charge in [-0.2, -0.15) is 4.98 Å². The Bertz CT molecular complexity index is 545. The molecule has 0 bridgehead atoms. The van der Waals surface area contributed by atoms with E-state index < -0.39 is 0 Å². The van der Waals surface area contributed by atoms with Gasteiger partial charge < -0.3 is 16.0 Å². The van der Waals surface area contributed by atoms with Gasteiger partial charge in [0.2, 0.25) is 5.91 Å². The number of primary amides is 1. The van der Waals surface area contributed by atoms with Gasteiger partial charge in [-0.1, -0.05) is 19.3 Å². The van der Waals surface area contributed by atoms with Gasteiger partial charge in [-0.15, -0.1) is 0 Å². The minimum absolute atomic E-state index is 0.109. The van der Waals surface area contributed by atoms with Gasteiger partial charge in [0.1, 0.15) is 0 Å². The van der Waals surface area contributed by atoms with Gasteiger partial charge in [0.05, 0.1) is 12.9 Å². The molecular weight excluding hydrogens is 308 g/mol. The van der Waals surface area contributed by atoms with Crippen LogP contribution in [0.3, 0.4) is 0 Å². The second-order valence-electron chi connectivity index (χ2n) is 6.09. The first kappa shape index (κ1) is 20.0. The number of hydrogen-bond donors (Lipinski definition) is 2. The predicted molar refractivity (Wildman–Crippen MR) is 92.2 cm³/mol. The van der Waals surface area contributed by atoms with Crippen molar-refractivity contribution in [3.63, 3.8) is 0 Å². The number of nitrogens with two attached hydrogens (primary N) is 2. The number of aromatic nitrogens is 2. The molecule has 7 nitrogen and oxygen atoms in total. The van der Waals surface area contributed by atoms with Crippen LogP contribution in [0.15, 0.2) is 23.4 Å². The minimum atomic E-state index is -0.286. The fourth-order valence-electron chi connectivity index (χ4n) is 2.60. The van der Waals surface area contributed by atoms with Crippen LogP contribution in [0, 0.1) is 5.92 Å². The van der Waals surface area contributed by atoms with Crippen molar-refractivity contribution in [3.05, 3.63) is 28.9 Å². The Morgan fingerprint density at radius 1 is 1.21 bits per heavy atom. The molecule has 1 fully saturated rings. The van der Waals surface area contributed by atoms with Gasteiger partial charge in [0.25, 0.3) is 5.56 Å². The van der Waals surface area contributed by atoms with Crippen LogP contribution < -0.4 is 17.0 Å². The molecule has 24 heavy (non-hydrogen) atoms. The Balaban J connectivity index is 0.000000300. The second kappa shape index (κ2) is 11.5. The van der Waals surface area contributed by atoms with Crippen LogP contribution in [-0.4, -0.2) is 27.8 Å². The van der Waals surface area contributed by atoms with Crippen molar-refractivity contribution >= 4 is 11.7 Å². The Labute approximate surface area is 142 Å². The first-order valence-corrected chi connectivity index (χ1v) is 8.56. The third kappa shape index (κ3) is 8.57. The Kier molecular flexibility index (Phi) is 9.60. The van der Waals surface area contributed by atoms with Crippen LogP contribution in [0.5, 0.6) is 0 Å². The van der Waals surface area contributed by atoms with Crippen LogP contribution >= 0.6 is 0 Å². The molecule has 1 aliphatic rings. The fraction of sp³-hybridized carbons (Fsp3) is 0.647. The lowest BCUT2D eigenvalue weighted by molar-refractivity contribution is -0.121. The summed E-state index contributed by atoms with van der Waals surface area (Å²) in [5, 5.41) is 0.